The van der Waals surface area contributed by atoms with Crippen molar-refractivity contribution in [3.05, 3.63) is 63.1 Å². The van der Waals surface area contributed by atoms with E-state index in [1.807, 2.05) is 30.0 Å². The number of benzene rings is 2. The molecule has 0 spiro atoms. The van der Waals surface area contributed by atoms with Gasteiger partial charge in [-0.2, -0.15) is 0 Å². The zero-order valence-corrected chi connectivity index (χ0v) is 16.8. The molecule has 5 heteroatoms. The molecule has 0 aromatic heterocycles. The zero-order valence-electron chi connectivity index (χ0n) is 13.7. The Labute approximate surface area is 168 Å². The van der Waals surface area contributed by atoms with Crippen LogP contribution in [0, 0.1) is 5.92 Å². The van der Waals surface area contributed by atoms with Gasteiger partial charge in [0.15, 0.2) is 0 Å². The van der Waals surface area contributed by atoms with Crippen molar-refractivity contribution in [2.75, 3.05) is 5.75 Å². The Morgan fingerprint density at radius 3 is 2.72 bits per heavy atom. The SMILES string of the molecule is Clc1cccc([C@@H]2CC3CCC(N3)[C@H]2CSc2cccc(Cl)c2Cl)c1. The van der Waals surface area contributed by atoms with Crippen molar-refractivity contribution in [3.8, 4) is 0 Å². The Kier molecular flexibility index (Phi) is 5.54. The van der Waals surface area contributed by atoms with Gasteiger partial charge in [-0.05, 0) is 60.9 Å². The molecule has 2 aromatic carbocycles. The molecule has 1 nitrogen and oxygen atoms in total. The normalized spacial score (nSPS) is 28.3. The van der Waals surface area contributed by atoms with Gasteiger partial charge >= 0.3 is 0 Å². The summed E-state index contributed by atoms with van der Waals surface area (Å²) in [7, 11) is 0. The minimum Gasteiger partial charge on any atom is -0.311 e. The van der Waals surface area contributed by atoms with Crippen LogP contribution in [0.4, 0.5) is 0 Å². The molecule has 0 saturated carbocycles. The maximum Gasteiger partial charge on any atom is 0.0728 e. The Hall–Kier alpha value is -0.380. The molecule has 2 saturated heterocycles. The average molecular weight is 413 g/mol. The van der Waals surface area contributed by atoms with Crippen molar-refractivity contribution >= 4 is 46.6 Å². The van der Waals surface area contributed by atoms with Crippen molar-refractivity contribution < 1.29 is 0 Å². The summed E-state index contributed by atoms with van der Waals surface area (Å²) in [5, 5.41) is 5.93. The van der Waals surface area contributed by atoms with Crippen LogP contribution in [0.1, 0.15) is 30.7 Å². The van der Waals surface area contributed by atoms with Gasteiger partial charge in [0.25, 0.3) is 0 Å². The van der Waals surface area contributed by atoms with E-state index in [0.717, 1.165) is 15.7 Å². The van der Waals surface area contributed by atoms with E-state index in [-0.39, 0.29) is 0 Å². The van der Waals surface area contributed by atoms with Crippen LogP contribution in [0.2, 0.25) is 15.1 Å². The van der Waals surface area contributed by atoms with E-state index in [9.17, 15) is 0 Å². The predicted octanol–water partition coefficient (Wildman–Crippen LogP) is 6.66. The van der Waals surface area contributed by atoms with Gasteiger partial charge in [0, 0.05) is 27.8 Å². The molecule has 2 bridgehead atoms. The van der Waals surface area contributed by atoms with Crippen molar-refractivity contribution in [2.24, 2.45) is 5.92 Å². The summed E-state index contributed by atoms with van der Waals surface area (Å²) in [6, 6.07) is 15.5. The third-order valence-electron chi connectivity index (χ3n) is 5.47. The lowest BCUT2D eigenvalue weighted by molar-refractivity contribution is 0.273. The lowest BCUT2D eigenvalue weighted by Crippen LogP contribution is -2.45. The highest BCUT2D eigenvalue weighted by molar-refractivity contribution is 7.99. The van der Waals surface area contributed by atoms with Gasteiger partial charge in [-0.25, -0.2) is 0 Å². The molecule has 2 unspecified atom stereocenters. The molecule has 4 atom stereocenters. The van der Waals surface area contributed by atoms with Crippen LogP contribution >= 0.6 is 46.6 Å². The minimum atomic E-state index is 0.544. The van der Waals surface area contributed by atoms with Crippen LogP contribution in [0.25, 0.3) is 0 Å². The second-order valence-corrected chi connectivity index (χ2v) is 9.25. The van der Waals surface area contributed by atoms with Crippen molar-refractivity contribution in [1.29, 1.82) is 0 Å². The first-order valence-corrected chi connectivity index (χ1v) is 10.8. The second-order valence-electron chi connectivity index (χ2n) is 6.97. The van der Waals surface area contributed by atoms with Crippen LogP contribution in [0.5, 0.6) is 0 Å². The number of rotatable bonds is 4. The molecule has 25 heavy (non-hydrogen) atoms. The number of thioether (sulfide) groups is 1. The fraction of sp³-hybridized carbons (Fsp3) is 0.400. The monoisotopic (exact) mass is 411 g/mol. The van der Waals surface area contributed by atoms with Crippen LogP contribution in [-0.4, -0.2) is 17.8 Å². The smallest absolute Gasteiger partial charge is 0.0728 e. The lowest BCUT2D eigenvalue weighted by atomic mass is 9.78. The first-order valence-electron chi connectivity index (χ1n) is 8.70. The molecule has 4 rings (SSSR count). The Morgan fingerprint density at radius 2 is 1.88 bits per heavy atom. The molecular formula is C20H20Cl3NS. The fourth-order valence-corrected chi connectivity index (χ4v) is 6.24. The van der Waals surface area contributed by atoms with Gasteiger partial charge in [-0.15, -0.1) is 11.8 Å². The highest BCUT2D eigenvalue weighted by atomic mass is 35.5. The summed E-state index contributed by atoms with van der Waals surface area (Å²) >= 11 is 20.6. The average Bonchev–Trinajstić information content (AvgIpc) is 2.99. The molecule has 0 radical (unpaired) electrons. The topological polar surface area (TPSA) is 12.0 Å². The van der Waals surface area contributed by atoms with Gasteiger partial charge in [0.1, 0.15) is 0 Å². The fourth-order valence-electron chi connectivity index (χ4n) is 4.27. The molecule has 2 aliphatic rings. The number of fused-ring (bicyclic) bond motifs is 2. The Morgan fingerprint density at radius 1 is 1.04 bits per heavy atom. The van der Waals surface area contributed by atoms with Crippen LogP contribution in [0.3, 0.4) is 0 Å². The Bertz CT molecular complexity index is 766. The third-order valence-corrected chi connectivity index (χ3v) is 7.84. The van der Waals surface area contributed by atoms with Crippen LogP contribution in [0.15, 0.2) is 47.4 Å². The summed E-state index contributed by atoms with van der Waals surface area (Å²) in [6.45, 7) is 0. The highest BCUT2D eigenvalue weighted by Gasteiger charge is 2.41. The number of piperidine rings is 1. The van der Waals surface area contributed by atoms with E-state index in [4.69, 9.17) is 34.8 Å². The van der Waals surface area contributed by atoms with Crippen LogP contribution < -0.4 is 5.32 Å². The number of nitrogens with one attached hydrogen (secondary N) is 1. The zero-order chi connectivity index (χ0) is 17.4. The van der Waals surface area contributed by atoms with E-state index >= 15 is 0 Å². The lowest BCUT2D eigenvalue weighted by Gasteiger charge is -2.38. The maximum atomic E-state index is 6.38. The number of halogens is 3. The van der Waals surface area contributed by atoms with E-state index < -0.39 is 0 Å². The predicted molar refractivity (Wildman–Crippen MR) is 109 cm³/mol. The number of hydrogen-bond acceptors (Lipinski definition) is 2. The standard InChI is InChI=1S/C20H20Cl3NS/c21-13-4-1-3-12(9-13)15-10-14-7-8-18(24-14)16(15)11-25-19-6-2-5-17(22)20(19)23/h1-6,9,14-16,18,24H,7-8,10-11H2/t14?,15-,16-,18?/m0/s1. The van der Waals surface area contributed by atoms with Crippen molar-refractivity contribution in [1.82, 2.24) is 5.32 Å². The van der Waals surface area contributed by atoms with E-state index in [2.05, 4.69) is 29.6 Å². The molecule has 2 heterocycles. The van der Waals surface area contributed by atoms with Gasteiger partial charge in [0.2, 0.25) is 0 Å². The second kappa shape index (κ2) is 7.70. The van der Waals surface area contributed by atoms with Gasteiger partial charge in [-0.1, -0.05) is 53.0 Å². The first kappa shape index (κ1) is 18.0. The summed E-state index contributed by atoms with van der Waals surface area (Å²) < 4.78 is 0. The molecular weight excluding hydrogens is 393 g/mol. The van der Waals surface area contributed by atoms with Crippen molar-refractivity contribution in [3.63, 3.8) is 0 Å². The third kappa shape index (κ3) is 3.84. The van der Waals surface area contributed by atoms with Gasteiger partial charge < -0.3 is 5.32 Å². The summed E-state index contributed by atoms with van der Waals surface area (Å²) in [6.07, 6.45) is 3.72. The minimum absolute atomic E-state index is 0.544. The van der Waals surface area contributed by atoms with E-state index in [1.165, 1.54) is 24.8 Å². The largest absolute Gasteiger partial charge is 0.311 e. The van der Waals surface area contributed by atoms with Crippen LogP contribution in [-0.2, 0) is 0 Å². The molecule has 132 valence electrons. The van der Waals surface area contributed by atoms with Gasteiger partial charge in [-0.3, -0.25) is 0 Å². The van der Waals surface area contributed by atoms with E-state index in [1.54, 1.807) is 0 Å². The molecule has 0 aliphatic carbocycles. The molecule has 1 N–H and O–H groups in total. The summed E-state index contributed by atoms with van der Waals surface area (Å²) in [5.74, 6) is 2.14. The quantitative estimate of drug-likeness (QED) is 0.563. The van der Waals surface area contributed by atoms with Gasteiger partial charge in [0.05, 0.1) is 10.0 Å². The van der Waals surface area contributed by atoms with E-state index in [0.29, 0.717) is 34.0 Å². The van der Waals surface area contributed by atoms with Crippen molar-refractivity contribution in [2.45, 2.75) is 42.2 Å². The number of hydrogen-bond donors (Lipinski definition) is 1. The summed E-state index contributed by atoms with van der Waals surface area (Å²) in [4.78, 5) is 1.07. The molecule has 2 aromatic rings. The maximum absolute atomic E-state index is 6.38. The molecule has 2 aliphatic heterocycles. The first-order chi connectivity index (χ1) is 12.1. The Balaban J connectivity index is 1.57. The molecule has 2 fully saturated rings. The highest BCUT2D eigenvalue weighted by Crippen LogP contribution is 2.45. The summed E-state index contributed by atoms with van der Waals surface area (Å²) in [5.41, 5.74) is 1.37. The molecule has 0 amide bonds.